The van der Waals surface area contributed by atoms with Crippen LogP contribution >= 0.6 is 0 Å². The highest BCUT2D eigenvalue weighted by Gasteiger charge is 2.27. The summed E-state index contributed by atoms with van der Waals surface area (Å²) < 4.78 is 5.30. The lowest BCUT2D eigenvalue weighted by atomic mass is 9.92. The van der Waals surface area contributed by atoms with Crippen LogP contribution in [-0.4, -0.2) is 50.8 Å². The maximum absolute atomic E-state index is 5.30. The molecule has 1 heterocycles. The van der Waals surface area contributed by atoms with Crippen LogP contribution in [0.15, 0.2) is 0 Å². The van der Waals surface area contributed by atoms with Gasteiger partial charge in [0, 0.05) is 25.1 Å². The Balaban J connectivity index is 1.62. The second-order valence-electron chi connectivity index (χ2n) is 7.00. The van der Waals surface area contributed by atoms with Crippen molar-refractivity contribution in [2.24, 2.45) is 11.3 Å². The summed E-state index contributed by atoms with van der Waals surface area (Å²) in [5.41, 5.74) is 0.281. The predicted octanol–water partition coefficient (Wildman–Crippen LogP) is 2.12. The van der Waals surface area contributed by atoms with Crippen molar-refractivity contribution in [3.05, 3.63) is 0 Å². The van der Waals surface area contributed by atoms with Crippen molar-refractivity contribution in [1.82, 2.24) is 10.2 Å². The second kappa shape index (κ2) is 6.36. The van der Waals surface area contributed by atoms with Crippen molar-refractivity contribution in [2.45, 2.75) is 45.6 Å². The quantitative estimate of drug-likeness (QED) is 0.753. The largest absolute Gasteiger partial charge is 0.384 e. The van der Waals surface area contributed by atoms with Crippen LogP contribution in [0.2, 0.25) is 0 Å². The maximum atomic E-state index is 5.30. The lowest BCUT2D eigenvalue weighted by Gasteiger charge is -2.37. The van der Waals surface area contributed by atoms with Crippen LogP contribution in [0.1, 0.15) is 39.5 Å². The molecule has 0 amide bonds. The molecule has 0 aromatic heterocycles. The fourth-order valence-electron chi connectivity index (χ4n) is 2.99. The Kier molecular flexibility index (Phi) is 5.05. The van der Waals surface area contributed by atoms with E-state index in [1.165, 1.54) is 45.3 Å². The summed E-state index contributed by atoms with van der Waals surface area (Å²) in [6.07, 6.45) is 5.54. The summed E-state index contributed by atoms with van der Waals surface area (Å²) in [6.45, 7) is 10.4. The molecule has 1 aliphatic carbocycles. The van der Waals surface area contributed by atoms with Crippen molar-refractivity contribution in [3.63, 3.8) is 0 Å². The molecule has 18 heavy (non-hydrogen) atoms. The molecular formula is C15H30N2O. The zero-order valence-electron chi connectivity index (χ0n) is 12.4. The van der Waals surface area contributed by atoms with Crippen molar-refractivity contribution in [1.29, 1.82) is 0 Å². The number of methoxy groups -OCH3 is 1. The van der Waals surface area contributed by atoms with Crippen LogP contribution in [0, 0.1) is 11.3 Å². The summed E-state index contributed by atoms with van der Waals surface area (Å²) in [5.74, 6) is 1.00. The third-order valence-corrected chi connectivity index (χ3v) is 4.17. The van der Waals surface area contributed by atoms with Gasteiger partial charge in [-0.25, -0.2) is 0 Å². The molecule has 3 heteroatoms. The molecule has 0 aromatic carbocycles. The summed E-state index contributed by atoms with van der Waals surface area (Å²) >= 11 is 0. The minimum absolute atomic E-state index is 0.281. The Morgan fingerprint density at radius 2 is 1.83 bits per heavy atom. The van der Waals surface area contributed by atoms with Crippen LogP contribution in [0.4, 0.5) is 0 Å². The van der Waals surface area contributed by atoms with E-state index in [1.54, 1.807) is 7.11 Å². The van der Waals surface area contributed by atoms with E-state index < -0.39 is 0 Å². The molecule has 1 N–H and O–H groups in total. The van der Waals surface area contributed by atoms with Gasteiger partial charge in [0.25, 0.3) is 0 Å². The standard InChI is InChI=1S/C15H30N2O/c1-15(2,12-18-3)11-17-8-6-14(7-9-17)16-10-13-4-5-13/h13-14,16H,4-12H2,1-3H3. The molecule has 0 unspecified atom stereocenters. The highest BCUT2D eigenvalue weighted by Crippen LogP contribution is 2.28. The van der Waals surface area contributed by atoms with Crippen LogP contribution in [-0.2, 0) is 4.74 Å². The Morgan fingerprint density at radius 3 is 2.39 bits per heavy atom. The molecule has 0 atom stereocenters. The molecule has 1 aliphatic heterocycles. The van der Waals surface area contributed by atoms with Gasteiger partial charge in [-0.2, -0.15) is 0 Å². The Hall–Kier alpha value is -0.120. The van der Waals surface area contributed by atoms with Crippen molar-refractivity contribution >= 4 is 0 Å². The van der Waals surface area contributed by atoms with E-state index in [4.69, 9.17) is 4.74 Å². The van der Waals surface area contributed by atoms with E-state index in [2.05, 4.69) is 24.1 Å². The third kappa shape index (κ3) is 4.87. The van der Waals surface area contributed by atoms with Crippen LogP contribution < -0.4 is 5.32 Å². The van der Waals surface area contributed by atoms with Gasteiger partial charge >= 0.3 is 0 Å². The summed E-state index contributed by atoms with van der Waals surface area (Å²) in [7, 11) is 1.80. The second-order valence-corrected chi connectivity index (χ2v) is 7.00. The third-order valence-electron chi connectivity index (χ3n) is 4.17. The molecule has 106 valence electrons. The average molecular weight is 254 g/mol. The number of nitrogens with zero attached hydrogens (tertiary/aromatic N) is 1. The van der Waals surface area contributed by atoms with Gasteiger partial charge in [0.15, 0.2) is 0 Å². The van der Waals surface area contributed by atoms with Gasteiger partial charge in [-0.1, -0.05) is 13.8 Å². The maximum Gasteiger partial charge on any atom is 0.0525 e. The van der Waals surface area contributed by atoms with E-state index in [0.29, 0.717) is 0 Å². The molecule has 2 fully saturated rings. The molecule has 3 nitrogen and oxygen atoms in total. The lowest BCUT2D eigenvalue weighted by Crippen LogP contribution is -2.46. The molecule has 1 saturated heterocycles. The van der Waals surface area contributed by atoms with Crippen molar-refractivity contribution in [3.8, 4) is 0 Å². The van der Waals surface area contributed by atoms with Crippen LogP contribution in [0.3, 0.4) is 0 Å². The summed E-state index contributed by atoms with van der Waals surface area (Å²) in [5, 5.41) is 3.74. The molecule has 0 radical (unpaired) electrons. The fraction of sp³-hybridized carbons (Fsp3) is 1.00. The molecule has 2 rings (SSSR count). The highest BCUT2D eigenvalue weighted by molar-refractivity contribution is 4.83. The van der Waals surface area contributed by atoms with E-state index in [1.807, 2.05) is 0 Å². The predicted molar refractivity (Wildman–Crippen MR) is 75.8 cm³/mol. The van der Waals surface area contributed by atoms with Gasteiger partial charge in [0.2, 0.25) is 0 Å². The van der Waals surface area contributed by atoms with E-state index in [-0.39, 0.29) is 5.41 Å². The first-order valence-electron chi connectivity index (χ1n) is 7.54. The minimum atomic E-state index is 0.281. The Morgan fingerprint density at radius 1 is 1.17 bits per heavy atom. The van der Waals surface area contributed by atoms with Crippen molar-refractivity contribution in [2.75, 3.05) is 39.9 Å². The van der Waals surface area contributed by atoms with Gasteiger partial charge < -0.3 is 15.0 Å². The molecule has 0 aromatic rings. The molecule has 0 bridgehead atoms. The zero-order chi connectivity index (χ0) is 13.0. The van der Waals surface area contributed by atoms with E-state index in [0.717, 1.165) is 25.1 Å². The van der Waals surface area contributed by atoms with E-state index in [9.17, 15) is 0 Å². The van der Waals surface area contributed by atoms with E-state index >= 15 is 0 Å². The van der Waals surface area contributed by atoms with Crippen molar-refractivity contribution < 1.29 is 4.74 Å². The lowest BCUT2D eigenvalue weighted by molar-refractivity contribution is 0.0595. The zero-order valence-corrected chi connectivity index (χ0v) is 12.4. The SMILES string of the molecule is COCC(C)(C)CN1CCC(NCC2CC2)CC1. The number of ether oxygens (including phenoxy) is 1. The molecule has 1 saturated carbocycles. The minimum Gasteiger partial charge on any atom is -0.384 e. The average Bonchev–Trinajstić information content (AvgIpc) is 3.11. The number of rotatable bonds is 7. The summed E-state index contributed by atoms with van der Waals surface area (Å²) in [4.78, 5) is 2.61. The highest BCUT2D eigenvalue weighted by atomic mass is 16.5. The normalized spacial score (nSPS) is 23.5. The molecule has 0 spiro atoms. The fourth-order valence-corrected chi connectivity index (χ4v) is 2.99. The van der Waals surface area contributed by atoms with Gasteiger partial charge in [0.05, 0.1) is 6.61 Å². The summed E-state index contributed by atoms with van der Waals surface area (Å²) in [6, 6.07) is 0.771. The number of nitrogens with one attached hydrogen (secondary N) is 1. The smallest absolute Gasteiger partial charge is 0.0525 e. The first-order chi connectivity index (χ1) is 8.59. The topological polar surface area (TPSA) is 24.5 Å². The van der Waals surface area contributed by atoms with Gasteiger partial charge in [-0.05, 0) is 51.2 Å². The molecular weight excluding hydrogens is 224 g/mol. The first-order valence-corrected chi connectivity index (χ1v) is 7.54. The van der Waals surface area contributed by atoms with Gasteiger partial charge in [-0.15, -0.1) is 0 Å². The monoisotopic (exact) mass is 254 g/mol. The number of likely N-dealkylation sites (tertiary alicyclic amines) is 1. The Bertz CT molecular complexity index is 243. The number of hydrogen-bond donors (Lipinski definition) is 1. The van der Waals surface area contributed by atoms with Crippen LogP contribution in [0.5, 0.6) is 0 Å². The number of piperidine rings is 1. The van der Waals surface area contributed by atoms with Crippen LogP contribution in [0.25, 0.3) is 0 Å². The Labute approximate surface area is 112 Å². The first kappa shape index (κ1) is 14.3. The number of hydrogen-bond acceptors (Lipinski definition) is 3. The molecule has 2 aliphatic rings. The van der Waals surface area contributed by atoms with Gasteiger partial charge in [-0.3, -0.25) is 0 Å². The van der Waals surface area contributed by atoms with Gasteiger partial charge in [0.1, 0.15) is 0 Å².